The van der Waals surface area contributed by atoms with E-state index in [4.69, 9.17) is 0 Å². The van der Waals surface area contributed by atoms with Crippen LogP contribution in [0.5, 0.6) is 0 Å². The van der Waals surface area contributed by atoms with Crippen LogP contribution in [0.25, 0.3) is 0 Å². The second kappa shape index (κ2) is 7.81. The van der Waals surface area contributed by atoms with Crippen LogP contribution in [0, 0.1) is 5.92 Å². The Morgan fingerprint density at radius 1 is 1.35 bits per heavy atom. The number of rotatable bonds is 6. The number of likely N-dealkylation sites (tertiary alicyclic amines) is 1. The quantitative estimate of drug-likeness (QED) is 0.472. The normalized spacial score (nSPS) is 24.3. The molecule has 23 heavy (non-hydrogen) atoms. The van der Waals surface area contributed by atoms with Crippen molar-refractivity contribution in [2.24, 2.45) is 10.9 Å². The van der Waals surface area contributed by atoms with Crippen LogP contribution in [-0.4, -0.2) is 69.8 Å². The first-order valence-corrected chi connectivity index (χ1v) is 10.0. The summed E-state index contributed by atoms with van der Waals surface area (Å²) in [4.78, 5) is 6.70. The van der Waals surface area contributed by atoms with Gasteiger partial charge in [0.2, 0.25) is 10.0 Å². The summed E-state index contributed by atoms with van der Waals surface area (Å²) >= 11 is 0. The highest BCUT2D eigenvalue weighted by Crippen LogP contribution is 2.18. The summed E-state index contributed by atoms with van der Waals surface area (Å²) in [5.74, 6) is 1.24. The first-order valence-electron chi connectivity index (χ1n) is 8.13. The highest BCUT2D eigenvalue weighted by Gasteiger charge is 2.31. The van der Waals surface area contributed by atoms with Crippen molar-refractivity contribution in [3.05, 3.63) is 0 Å². The van der Waals surface area contributed by atoms with Gasteiger partial charge in [-0.25, -0.2) is 13.1 Å². The molecule has 1 fully saturated rings. The third-order valence-corrected chi connectivity index (χ3v) is 5.00. The average Bonchev–Trinajstić information content (AvgIpc) is 2.73. The van der Waals surface area contributed by atoms with Crippen LogP contribution < -0.4 is 15.4 Å². The van der Waals surface area contributed by atoms with E-state index in [1.165, 1.54) is 6.26 Å². The van der Waals surface area contributed by atoms with Crippen molar-refractivity contribution in [3.8, 4) is 0 Å². The van der Waals surface area contributed by atoms with Crippen LogP contribution in [0.1, 0.15) is 34.6 Å². The third kappa shape index (κ3) is 7.05. The van der Waals surface area contributed by atoms with Crippen LogP contribution >= 0.6 is 0 Å². The molecule has 0 bridgehead atoms. The maximum atomic E-state index is 11.4. The Hall–Kier alpha value is -0.860. The zero-order chi connectivity index (χ0) is 17.8. The summed E-state index contributed by atoms with van der Waals surface area (Å²) in [6.07, 6.45) is 1.17. The topological polar surface area (TPSA) is 85.8 Å². The van der Waals surface area contributed by atoms with E-state index < -0.39 is 15.6 Å². The van der Waals surface area contributed by atoms with Gasteiger partial charge in [0, 0.05) is 44.3 Å². The molecule has 0 aromatic carbocycles. The van der Waals surface area contributed by atoms with Crippen molar-refractivity contribution < 1.29 is 8.42 Å². The molecule has 0 amide bonds. The van der Waals surface area contributed by atoms with Crippen LogP contribution in [0.15, 0.2) is 4.99 Å². The van der Waals surface area contributed by atoms with Gasteiger partial charge < -0.3 is 10.6 Å². The molecule has 7 nitrogen and oxygen atoms in total. The summed E-state index contributed by atoms with van der Waals surface area (Å²) in [6, 6.07) is 0.881. The second-order valence-corrected chi connectivity index (χ2v) is 9.21. The lowest BCUT2D eigenvalue weighted by Gasteiger charge is -2.28. The highest BCUT2D eigenvalue weighted by molar-refractivity contribution is 7.88. The van der Waals surface area contributed by atoms with Crippen molar-refractivity contribution in [1.82, 2.24) is 20.3 Å². The van der Waals surface area contributed by atoms with Gasteiger partial charge in [0.15, 0.2) is 5.96 Å². The van der Waals surface area contributed by atoms with Gasteiger partial charge in [0.1, 0.15) is 0 Å². The molecule has 1 heterocycles. The van der Waals surface area contributed by atoms with Gasteiger partial charge in [-0.3, -0.25) is 9.89 Å². The van der Waals surface area contributed by atoms with E-state index in [1.54, 1.807) is 7.05 Å². The van der Waals surface area contributed by atoms with Gasteiger partial charge in [-0.1, -0.05) is 6.92 Å². The predicted octanol–water partition coefficient (Wildman–Crippen LogP) is 0.208. The molecule has 3 N–H and O–H groups in total. The van der Waals surface area contributed by atoms with E-state index in [0.717, 1.165) is 13.1 Å². The zero-order valence-corrected chi connectivity index (χ0v) is 16.3. The fourth-order valence-corrected chi connectivity index (χ4v) is 3.90. The van der Waals surface area contributed by atoms with Crippen molar-refractivity contribution in [2.45, 2.75) is 52.2 Å². The Bertz CT molecular complexity index is 516. The molecule has 1 aliphatic heterocycles. The summed E-state index contributed by atoms with van der Waals surface area (Å²) in [5, 5.41) is 6.67. The molecule has 0 aromatic rings. The lowest BCUT2D eigenvalue weighted by molar-refractivity contribution is 0.265. The molecule has 2 unspecified atom stereocenters. The fraction of sp³-hybridized carbons (Fsp3) is 0.933. The molecular weight excluding hydrogens is 314 g/mol. The van der Waals surface area contributed by atoms with Crippen LogP contribution in [-0.2, 0) is 10.0 Å². The maximum absolute atomic E-state index is 11.4. The van der Waals surface area contributed by atoms with Crippen LogP contribution in [0.4, 0.5) is 0 Å². The Labute approximate surface area is 141 Å². The zero-order valence-electron chi connectivity index (χ0n) is 15.5. The first kappa shape index (κ1) is 20.2. The van der Waals surface area contributed by atoms with E-state index in [-0.39, 0.29) is 0 Å². The lowest BCUT2D eigenvalue weighted by atomic mass is 10.1. The fourth-order valence-electron chi connectivity index (χ4n) is 2.83. The van der Waals surface area contributed by atoms with Crippen molar-refractivity contribution in [2.75, 3.05) is 32.9 Å². The van der Waals surface area contributed by atoms with Crippen LogP contribution in [0.3, 0.4) is 0 Å². The molecule has 136 valence electrons. The summed E-state index contributed by atoms with van der Waals surface area (Å²) < 4.78 is 25.4. The van der Waals surface area contributed by atoms with E-state index >= 15 is 0 Å². The number of nitrogens with zero attached hydrogens (tertiary/aromatic N) is 2. The van der Waals surface area contributed by atoms with Crippen LogP contribution in [0.2, 0.25) is 0 Å². The molecule has 1 aliphatic rings. The molecule has 2 atom stereocenters. The monoisotopic (exact) mass is 347 g/mol. The van der Waals surface area contributed by atoms with E-state index in [2.05, 4.69) is 46.0 Å². The number of nitrogens with one attached hydrogen (secondary N) is 3. The van der Waals surface area contributed by atoms with Gasteiger partial charge >= 0.3 is 0 Å². The Kier molecular flexibility index (Phi) is 6.85. The van der Waals surface area contributed by atoms with E-state index in [9.17, 15) is 8.42 Å². The molecular formula is C15H33N5O2S. The number of aliphatic imine (C=N–C) groups is 1. The summed E-state index contributed by atoms with van der Waals surface area (Å²) in [6.45, 7) is 12.9. The highest BCUT2D eigenvalue weighted by atomic mass is 32.2. The minimum atomic E-state index is -3.24. The summed E-state index contributed by atoms with van der Waals surface area (Å²) in [5.41, 5.74) is -0.587. The number of sulfonamides is 1. The van der Waals surface area contributed by atoms with Gasteiger partial charge in [-0.15, -0.1) is 0 Å². The number of hydrogen-bond donors (Lipinski definition) is 3. The Morgan fingerprint density at radius 2 is 1.96 bits per heavy atom. The molecule has 1 saturated heterocycles. The van der Waals surface area contributed by atoms with E-state index in [0.29, 0.717) is 30.5 Å². The van der Waals surface area contributed by atoms with E-state index in [1.807, 2.05) is 13.8 Å². The van der Waals surface area contributed by atoms with Gasteiger partial charge in [0.05, 0.1) is 6.26 Å². The molecule has 1 rings (SSSR count). The standard InChI is InChI=1S/C15H33N5O2S/c1-11(2)20-8-12(3)13(9-20)18-14(16-6)17-10-15(4,5)19-23(7,21)22/h11-13,19H,8-10H2,1-7H3,(H2,16,17,18). The van der Waals surface area contributed by atoms with Crippen molar-refractivity contribution in [3.63, 3.8) is 0 Å². The molecule has 0 saturated carbocycles. The maximum Gasteiger partial charge on any atom is 0.209 e. The largest absolute Gasteiger partial charge is 0.355 e. The van der Waals surface area contributed by atoms with Gasteiger partial charge in [-0.05, 0) is 33.6 Å². The molecule has 0 radical (unpaired) electrons. The van der Waals surface area contributed by atoms with Crippen molar-refractivity contribution in [1.29, 1.82) is 0 Å². The van der Waals surface area contributed by atoms with Gasteiger partial charge in [0.25, 0.3) is 0 Å². The third-order valence-electron chi connectivity index (χ3n) is 4.08. The number of guanidine groups is 1. The SMILES string of the molecule is CN=C(NCC(C)(C)NS(C)(=O)=O)NC1CN(C(C)C)CC1C. The molecule has 0 aliphatic carbocycles. The molecule has 0 spiro atoms. The van der Waals surface area contributed by atoms with Crippen molar-refractivity contribution >= 4 is 16.0 Å². The second-order valence-electron chi connectivity index (χ2n) is 7.46. The average molecular weight is 348 g/mol. The minimum absolute atomic E-state index is 0.342. The Balaban J connectivity index is 2.56. The predicted molar refractivity (Wildman–Crippen MR) is 96.2 cm³/mol. The molecule has 0 aromatic heterocycles. The first-order chi connectivity index (χ1) is 10.4. The van der Waals surface area contributed by atoms with Gasteiger partial charge in [-0.2, -0.15) is 0 Å². The smallest absolute Gasteiger partial charge is 0.209 e. The lowest BCUT2D eigenvalue weighted by Crippen LogP contribution is -2.54. The number of hydrogen-bond acceptors (Lipinski definition) is 4. The summed E-state index contributed by atoms with van der Waals surface area (Å²) in [7, 11) is -1.51. The Morgan fingerprint density at radius 3 is 2.39 bits per heavy atom. The minimum Gasteiger partial charge on any atom is -0.355 e. The molecule has 8 heteroatoms.